The van der Waals surface area contributed by atoms with Crippen molar-refractivity contribution in [2.75, 3.05) is 6.61 Å². The molecule has 0 heterocycles. The van der Waals surface area contributed by atoms with Crippen molar-refractivity contribution in [2.24, 2.45) is 5.92 Å². The molecule has 0 spiro atoms. The van der Waals surface area contributed by atoms with Crippen LogP contribution < -0.4 is 25.6 Å². The molecule has 1 unspecified atom stereocenters. The van der Waals surface area contributed by atoms with Crippen molar-refractivity contribution in [1.82, 2.24) is 16.2 Å². The number of hydrazine groups is 1. The van der Waals surface area contributed by atoms with E-state index in [1.165, 1.54) is 0 Å². The van der Waals surface area contributed by atoms with E-state index in [2.05, 4.69) is 30.0 Å². The first-order chi connectivity index (χ1) is 15.2. The van der Waals surface area contributed by atoms with E-state index in [0.29, 0.717) is 29.6 Å². The summed E-state index contributed by atoms with van der Waals surface area (Å²) in [5.74, 6) is 1.04. The molecule has 0 fully saturated rings. The number of hydrogen-bond acceptors (Lipinski definition) is 5. The molecule has 172 valence electrons. The van der Waals surface area contributed by atoms with Gasteiger partial charge in [0, 0.05) is 5.56 Å². The minimum atomic E-state index is -0.758. The maximum absolute atomic E-state index is 12.3. The molecule has 2 amide bonds. The van der Waals surface area contributed by atoms with Crippen LogP contribution in [-0.4, -0.2) is 29.6 Å². The average Bonchev–Trinajstić information content (AvgIpc) is 2.74. The molecule has 7 nitrogen and oxygen atoms in total. The van der Waals surface area contributed by atoms with Crippen LogP contribution in [0.4, 0.5) is 0 Å². The van der Waals surface area contributed by atoms with Gasteiger partial charge in [-0.2, -0.15) is 0 Å². The predicted octanol–water partition coefficient (Wildman–Crippen LogP) is 3.83. The van der Waals surface area contributed by atoms with Crippen LogP contribution in [0.25, 0.3) is 0 Å². The second-order valence-electron chi connectivity index (χ2n) is 7.96. The highest BCUT2D eigenvalue weighted by molar-refractivity contribution is 7.80. The number of ether oxygens (including phenoxy) is 2. The second-order valence-corrected chi connectivity index (χ2v) is 8.37. The number of rotatable bonds is 8. The topological polar surface area (TPSA) is 88.7 Å². The van der Waals surface area contributed by atoms with Crippen LogP contribution in [0, 0.1) is 19.8 Å². The zero-order valence-electron chi connectivity index (χ0n) is 19.2. The molecule has 0 saturated carbocycles. The molecule has 0 aliphatic rings. The minimum Gasteiger partial charge on any atom is -0.494 e. The lowest BCUT2D eigenvalue weighted by atomic mass is 10.1. The molecule has 0 aromatic heterocycles. The maximum Gasteiger partial charge on any atom is 0.279 e. The summed E-state index contributed by atoms with van der Waals surface area (Å²) < 4.78 is 11.3. The summed E-state index contributed by atoms with van der Waals surface area (Å²) in [6, 6.07) is 12.4. The second kappa shape index (κ2) is 12.0. The van der Waals surface area contributed by atoms with E-state index in [9.17, 15) is 9.59 Å². The Morgan fingerprint density at radius 3 is 2.22 bits per heavy atom. The van der Waals surface area contributed by atoms with E-state index in [0.717, 1.165) is 17.5 Å². The predicted molar refractivity (Wildman–Crippen MR) is 129 cm³/mol. The zero-order valence-corrected chi connectivity index (χ0v) is 20.0. The Hall–Kier alpha value is -3.13. The summed E-state index contributed by atoms with van der Waals surface area (Å²) in [7, 11) is 0. The van der Waals surface area contributed by atoms with Crippen molar-refractivity contribution < 1.29 is 19.1 Å². The Labute approximate surface area is 194 Å². The van der Waals surface area contributed by atoms with E-state index in [1.807, 2.05) is 32.0 Å². The third-order valence-electron chi connectivity index (χ3n) is 4.77. The van der Waals surface area contributed by atoms with E-state index >= 15 is 0 Å². The van der Waals surface area contributed by atoms with Crippen molar-refractivity contribution in [3.63, 3.8) is 0 Å². The van der Waals surface area contributed by atoms with Crippen LogP contribution in [0.5, 0.6) is 11.5 Å². The quantitative estimate of drug-likeness (QED) is 0.412. The molecule has 0 aliphatic carbocycles. The normalized spacial score (nSPS) is 11.4. The fraction of sp³-hybridized carbons (Fsp3) is 0.375. The first kappa shape index (κ1) is 25.1. The zero-order chi connectivity index (χ0) is 23.7. The van der Waals surface area contributed by atoms with Crippen LogP contribution >= 0.6 is 12.2 Å². The van der Waals surface area contributed by atoms with Gasteiger partial charge in [-0.15, -0.1) is 0 Å². The minimum absolute atomic E-state index is 0.0287. The molecule has 2 aromatic rings. The highest BCUT2D eigenvalue weighted by atomic mass is 32.1. The highest BCUT2D eigenvalue weighted by Gasteiger charge is 2.16. The van der Waals surface area contributed by atoms with Gasteiger partial charge in [0.05, 0.1) is 6.61 Å². The van der Waals surface area contributed by atoms with Crippen LogP contribution in [0.1, 0.15) is 48.7 Å². The molecule has 0 saturated heterocycles. The van der Waals surface area contributed by atoms with Gasteiger partial charge in [-0.1, -0.05) is 19.9 Å². The number of carbonyl (C=O) groups excluding carboxylic acids is 2. The number of carbonyl (C=O) groups is 2. The van der Waals surface area contributed by atoms with Gasteiger partial charge in [-0.05, 0) is 92.9 Å². The van der Waals surface area contributed by atoms with Gasteiger partial charge in [0.25, 0.3) is 11.8 Å². The van der Waals surface area contributed by atoms with Crippen LogP contribution in [0.2, 0.25) is 0 Å². The molecule has 2 rings (SSSR count). The summed E-state index contributed by atoms with van der Waals surface area (Å²) in [5.41, 5.74) is 7.59. The van der Waals surface area contributed by atoms with Gasteiger partial charge in [0.1, 0.15) is 11.5 Å². The number of aryl methyl sites for hydroxylation is 2. The number of nitrogens with one attached hydrogen (secondary N) is 3. The van der Waals surface area contributed by atoms with Crippen molar-refractivity contribution >= 4 is 29.1 Å². The van der Waals surface area contributed by atoms with E-state index in [4.69, 9.17) is 21.7 Å². The number of thiocarbonyl (C=S) groups is 1. The van der Waals surface area contributed by atoms with Gasteiger partial charge in [-0.3, -0.25) is 25.8 Å². The smallest absolute Gasteiger partial charge is 0.279 e. The monoisotopic (exact) mass is 457 g/mol. The van der Waals surface area contributed by atoms with Crippen LogP contribution in [0.3, 0.4) is 0 Å². The van der Waals surface area contributed by atoms with E-state index in [-0.39, 0.29) is 5.11 Å². The Balaban J connectivity index is 1.77. The molecule has 0 radical (unpaired) electrons. The Morgan fingerprint density at radius 2 is 1.59 bits per heavy atom. The molecule has 0 aliphatic heterocycles. The first-order valence-electron chi connectivity index (χ1n) is 10.5. The first-order valence-corrected chi connectivity index (χ1v) is 10.9. The van der Waals surface area contributed by atoms with Crippen LogP contribution in [-0.2, 0) is 4.79 Å². The molecule has 32 heavy (non-hydrogen) atoms. The summed E-state index contributed by atoms with van der Waals surface area (Å²) in [6.45, 7) is 10.5. The van der Waals surface area contributed by atoms with Crippen molar-refractivity contribution in [2.45, 2.75) is 47.1 Å². The molecule has 0 bridgehead atoms. The molecular weight excluding hydrogens is 426 g/mol. The third kappa shape index (κ3) is 8.19. The number of amides is 2. The van der Waals surface area contributed by atoms with Crippen LogP contribution in [0.15, 0.2) is 42.5 Å². The average molecular weight is 458 g/mol. The lowest BCUT2D eigenvalue weighted by Gasteiger charge is -2.17. The fourth-order valence-electron chi connectivity index (χ4n) is 2.59. The number of hydrogen-bond donors (Lipinski definition) is 3. The summed E-state index contributed by atoms with van der Waals surface area (Å²) in [4.78, 5) is 24.6. The van der Waals surface area contributed by atoms with Crippen molar-refractivity contribution in [1.29, 1.82) is 0 Å². The lowest BCUT2D eigenvalue weighted by Crippen LogP contribution is -2.51. The fourth-order valence-corrected chi connectivity index (χ4v) is 2.73. The van der Waals surface area contributed by atoms with E-state index < -0.39 is 17.9 Å². The Kier molecular flexibility index (Phi) is 9.46. The van der Waals surface area contributed by atoms with Gasteiger partial charge in [0.2, 0.25) is 0 Å². The summed E-state index contributed by atoms with van der Waals surface area (Å²) >= 11 is 5.08. The van der Waals surface area contributed by atoms with E-state index in [1.54, 1.807) is 31.2 Å². The largest absolute Gasteiger partial charge is 0.494 e. The molecule has 3 N–H and O–H groups in total. The molecular formula is C24H31N3O4S. The Morgan fingerprint density at radius 1 is 0.938 bits per heavy atom. The molecule has 8 heteroatoms. The SMILES string of the molecule is Cc1ccc(OC(C)C(=O)NNC(=S)NC(=O)c2ccc(OCCC(C)C)cc2)cc1C. The van der Waals surface area contributed by atoms with Gasteiger partial charge < -0.3 is 9.47 Å². The van der Waals surface area contributed by atoms with Gasteiger partial charge >= 0.3 is 0 Å². The maximum atomic E-state index is 12.3. The number of benzene rings is 2. The Bertz CT molecular complexity index is 945. The summed E-state index contributed by atoms with van der Waals surface area (Å²) in [5, 5.41) is 2.49. The van der Waals surface area contributed by atoms with Gasteiger partial charge in [0.15, 0.2) is 11.2 Å². The highest BCUT2D eigenvalue weighted by Crippen LogP contribution is 2.17. The molecule has 1 atom stereocenters. The van der Waals surface area contributed by atoms with Gasteiger partial charge in [-0.25, -0.2) is 0 Å². The molecule has 2 aromatic carbocycles. The standard InChI is InChI=1S/C24H31N3O4S/c1-15(2)12-13-30-20-10-7-19(8-11-20)23(29)25-24(32)27-26-22(28)18(5)31-21-9-6-16(3)17(4)14-21/h6-11,14-15,18H,12-13H2,1-5H3,(H,26,28)(H2,25,27,29,32). The third-order valence-corrected chi connectivity index (χ3v) is 4.97. The van der Waals surface area contributed by atoms with Crippen molar-refractivity contribution in [3.8, 4) is 11.5 Å². The lowest BCUT2D eigenvalue weighted by molar-refractivity contribution is -0.127. The summed E-state index contributed by atoms with van der Waals surface area (Å²) in [6.07, 6.45) is 0.203. The van der Waals surface area contributed by atoms with Crippen molar-refractivity contribution in [3.05, 3.63) is 59.2 Å².